The lowest BCUT2D eigenvalue weighted by molar-refractivity contribution is -0.142. The van der Waals surface area contributed by atoms with E-state index >= 15 is 0 Å². The van der Waals surface area contributed by atoms with E-state index in [1.165, 1.54) is 20.0 Å². The molecule has 0 aromatic rings. The highest BCUT2D eigenvalue weighted by molar-refractivity contribution is 5.69. The lowest BCUT2D eigenvalue weighted by atomic mass is 9.91. The van der Waals surface area contributed by atoms with Crippen molar-refractivity contribution in [3.63, 3.8) is 0 Å². The molecule has 1 heterocycles. The molecule has 4 heteroatoms. The Hall–Kier alpha value is -0.610. The summed E-state index contributed by atoms with van der Waals surface area (Å²) < 4.78 is 4.82. The van der Waals surface area contributed by atoms with E-state index in [4.69, 9.17) is 4.74 Å². The van der Waals surface area contributed by atoms with Crippen molar-refractivity contribution in [1.82, 2.24) is 10.2 Å². The molecule has 0 bridgehead atoms. The minimum Gasteiger partial charge on any atom is -0.469 e. The van der Waals surface area contributed by atoms with Crippen molar-refractivity contribution in [2.75, 3.05) is 33.3 Å². The number of carbonyl (C=O) groups excluding carboxylic acids is 1. The van der Waals surface area contributed by atoms with Crippen LogP contribution >= 0.6 is 0 Å². The molecule has 1 N–H and O–H groups in total. The minimum absolute atomic E-state index is 0.0741. The molecular weight excluding hydrogens is 252 g/mol. The first-order chi connectivity index (χ1) is 9.55. The Morgan fingerprint density at radius 3 is 2.75 bits per heavy atom. The van der Waals surface area contributed by atoms with E-state index in [2.05, 4.69) is 31.0 Å². The average Bonchev–Trinajstić information content (AvgIpc) is 2.42. The van der Waals surface area contributed by atoms with Crippen LogP contribution in [0.4, 0.5) is 0 Å². The molecule has 2 unspecified atom stereocenters. The zero-order valence-corrected chi connectivity index (χ0v) is 13.7. The molecule has 1 saturated heterocycles. The summed E-state index contributed by atoms with van der Waals surface area (Å²) in [5.41, 5.74) is 0. The van der Waals surface area contributed by atoms with Gasteiger partial charge in [0, 0.05) is 25.6 Å². The number of nitrogens with zero attached hydrogens (tertiary/aromatic N) is 1. The van der Waals surface area contributed by atoms with Crippen molar-refractivity contribution in [1.29, 1.82) is 0 Å². The van der Waals surface area contributed by atoms with Crippen LogP contribution in [-0.2, 0) is 9.53 Å². The van der Waals surface area contributed by atoms with Crippen molar-refractivity contribution in [3.05, 3.63) is 0 Å². The summed E-state index contributed by atoms with van der Waals surface area (Å²) in [6.45, 7) is 11.0. The van der Waals surface area contributed by atoms with Crippen LogP contribution in [0.5, 0.6) is 0 Å². The van der Waals surface area contributed by atoms with Crippen LogP contribution in [0.3, 0.4) is 0 Å². The lowest BCUT2D eigenvalue weighted by Gasteiger charge is -2.38. The van der Waals surface area contributed by atoms with Gasteiger partial charge in [0.1, 0.15) is 0 Å². The lowest BCUT2D eigenvalue weighted by Crippen LogP contribution is -2.50. The first-order valence-corrected chi connectivity index (χ1v) is 8.07. The molecule has 0 amide bonds. The predicted molar refractivity (Wildman–Crippen MR) is 82.7 cm³/mol. The summed E-state index contributed by atoms with van der Waals surface area (Å²) in [7, 11) is 1.48. The minimum atomic E-state index is -0.0741. The van der Waals surface area contributed by atoms with Gasteiger partial charge in [-0.3, -0.25) is 4.79 Å². The maximum atomic E-state index is 11.5. The predicted octanol–water partition coefficient (Wildman–Crippen LogP) is 2.29. The van der Waals surface area contributed by atoms with E-state index < -0.39 is 0 Å². The van der Waals surface area contributed by atoms with Crippen LogP contribution in [0.2, 0.25) is 0 Å². The van der Waals surface area contributed by atoms with Crippen molar-refractivity contribution >= 4 is 5.97 Å². The number of esters is 1. The fraction of sp³-hybridized carbons (Fsp3) is 0.938. The zero-order chi connectivity index (χ0) is 15.0. The van der Waals surface area contributed by atoms with Crippen molar-refractivity contribution in [2.24, 2.45) is 11.8 Å². The Labute approximate surface area is 124 Å². The van der Waals surface area contributed by atoms with Crippen molar-refractivity contribution in [2.45, 2.75) is 52.5 Å². The molecule has 0 radical (unpaired) electrons. The summed E-state index contributed by atoms with van der Waals surface area (Å²) in [5, 5.41) is 3.65. The second kappa shape index (κ2) is 9.35. The van der Waals surface area contributed by atoms with Gasteiger partial charge in [-0.05, 0) is 37.8 Å². The summed E-state index contributed by atoms with van der Waals surface area (Å²) in [5.74, 6) is 1.02. The van der Waals surface area contributed by atoms with Crippen molar-refractivity contribution < 1.29 is 9.53 Å². The molecule has 0 aromatic carbocycles. The van der Waals surface area contributed by atoms with E-state index in [1.807, 2.05) is 0 Å². The summed E-state index contributed by atoms with van der Waals surface area (Å²) in [4.78, 5) is 14.0. The fourth-order valence-electron chi connectivity index (χ4n) is 2.88. The number of ether oxygens (including phenoxy) is 1. The van der Waals surface area contributed by atoms with Gasteiger partial charge in [-0.1, -0.05) is 27.2 Å². The number of likely N-dealkylation sites (tertiary alicyclic amines) is 1. The van der Waals surface area contributed by atoms with Gasteiger partial charge in [-0.2, -0.15) is 0 Å². The average molecular weight is 284 g/mol. The molecule has 0 saturated carbocycles. The normalized spacial score (nSPS) is 24.1. The largest absolute Gasteiger partial charge is 0.469 e. The Kier molecular flexibility index (Phi) is 8.15. The van der Waals surface area contributed by atoms with Gasteiger partial charge < -0.3 is 15.0 Å². The Morgan fingerprint density at radius 1 is 1.40 bits per heavy atom. The number of rotatable bonds is 8. The molecule has 0 spiro atoms. The molecule has 1 rings (SSSR count). The monoisotopic (exact) mass is 284 g/mol. The fourth-order valence-corrected chi connectivity index (χ4v) is 2.88. The third-order valence-electron chi connectivity index (χ3n) is 3.94. The highest BCUT2D eigenvalue weighted by atomic mass is 16.5. The molecule has 1 aliphatic rings. The number of methoxy groups -OCH3 is 1. The first-order valence-electron chi connectivity index (χ1n) is 8.07. The SMILES string of the molecule is CCCCN1CC(CC(=O)OC)CC(NCC(C)C)C1. The molecule has 1 fully saturated rings. The topological polar surface area (TPSA) is 41.6 Å². The third-order valence-corrected chi connectivity index (χ3v) is 3.94. The molecular formula is C16H32N2O2. The maximum Gasteiger partial charge on any atom is 0.305 e. The van der Waals surface area contributed by atoms with Crippen LogP contribution in [0.15, 0.2) is 0 Å². The summed E-state index contributed by atoms with van der Waals surface area (Å²) in [6.07, 6.45) is 4.10. The molecule has 1 aliphatic heterocycles. The van der Waals surface area contributed by atoms with E-state index in [-0.39, 0.29) is 5.97 Å². The standard InChI is InChI=1S/C16H32N2O2/c1-5-6-7-18-11-14(9-16(19)20-4)8-15(12-18)17-10-13(2)3/h13-15,17H,5-12H2,1-4H3. The number of hydrogen-bond donors (Lipinski definition) is 1. The molecule has 0 aliphatic carbocycles. The van der Waals surface area contributed by atoms with Gasteiger partial charge in [-0.15, -0.1) is 0 Å². The first kappa shape index (κ1) is 17.4. The van der Waals surface area contributed by atoms with E-state index in [0.717, 1.165) is 32.6 Å². The highest BCUT2D eigenvalue weighted by Crippen LogP contribution is 2.21. The number of piperidine rings is 1. The summed E-state index contributed by atoms with van der Waals surface area (Å²) in [6, 6.07) is 0.512. The third kappa shape index (κ3) is 6.71. The maximum absolute atomic E-state index is 11.5. The number of carbonyl (C=O) groups is 1. The zero-order valence-electron chi connectivity index (χ0n) is 13.7. The van der Waals surface area contributed by atoms with Gasteiger partial charge >= 0.3 is 5.97 Å². The number of unbranched alkanes of at least 4 members (excludes halogenated alkanes) is 1. The van der Waals surface area contributed by atoms with E-state index in [9.17, 15) is 4.79 Å². The number of nitrogens with one attached hydrogen (secondary N) is 1. The van der Waals surface area contributed by atoms with Gasteiger partial charge in [-0.25, -0.2) is 0 Å². The second-order valence-electron chi connectivity index (χ2n) is 6.49. The van der Waals surface area contributed by atoms with Gasteiger partial charge in [0.25, 0.3) is 0 Å². The molecule has 118 valence electrons. The van der Waals surface area contributed by atoms with E-state index in [0.29, 0.717) is 24.3 Å². The second-order valence-corrected chi connectivity index (χ2v) is 6.49. The smallest absolute Gasteiger partial charge is 0.305 e. The Morgan fingerprint density at radius 2 is 2.15 bits per heavy atom. The van der Waals surface area contributed by atoms with Crippen LogP contribution in [0.25, 0.3) is 0 Å². The molecule has 2 atom stereocenters. The molecule has 20 heavy (non-hydrogen) atoms. The van der Waals surface area contributed by atoms with Crippen molar-refractivity contribution in [3.8, 4) is 0 Å². The Balaban J connectivity index is 2.50. The van der Waals surface area contributed by atoms with Crippen LogP contribution in [-0.4, -0.2) is 50.2 Å². The molecule has 4 nitrogen and oxygen atoms in total. The van der Waals surface area contributed by atoms with Gasteiger partial charge in [0.2, 0.25) is 0 Å². The summed E-state index contributed by atoms with van der Waals surface area (Å²) >= 11 is 0. The van der Waals surface area contributed by atoms with E-state index in [1.54, 1.807) is 0 Å². The van der Waals surface area contributed by atoms with Gasteiger partial charge in [0.05, 0.1) is 7.11 Å². The van der Waals surface area contributed by atoms with Crippen LogP contribution in [0, 0.1) is 11.8 Å². The van der Waals surface area contributed by atoms with Crippen LogP contribution in [0.1, 0.15) is 46.5 Å². The van der Waals surface area contributed by atoms with Crippen LogP contribution < -0.4 is 5.32 Å². The van der Waals surface area contributed by atoms with Gasteiger partial charge in [0.15, 0.2) is 0 Å². The Bertz CT molecular complexity index is 282. The number of hydrogen-bond acceptors (Lipinski definition) is 4. The highest BCUT2D eigenvalue weighted by Gasteiger charge is 2.28. The quantitative estimate of drug-likeness (QED) is 0.694. The molecule has 0 aromatic heterocycles.